The maximum Gasteiger partial charge on any atom is 0.265 e. The van der Waals surface area contributed by atoms with Gasteiger partial charge in [0.05, 0.1) is 5.69 Å². The van der Waals surface area contributed by atoms with E-state index in [1.807, 2.05) is 36.4 Å². The van der Waals surface area contributed by atoms with E-state index in [1.165, 1.54) is 5.69 Å². The zero-order valence-electron chi connectivity index (χ0n) is 18.3. The zero-order chi connectivity index (χ0) is 21.8. The van der Waals surface area contributed by atoms with Crippen molar-refractivity contribution in [3.8, 4) is 5.75 Å². The fourth-order valence-electron chi connectivity index (χ4n) is 4.23. The number of fused-ring (bicyclic) bond motifs is 1. The van der Waals surface area contributed by atoms with Gasteiger partial charge in [-0.1, -0.05) is 19.1 Å². The third-order valence-corrected chi connectivity index (χ3v) is 6.01. The molecular weight excluding hydrogens is 392 g/mol. The van der Waals surface area contributed by atoms with Gasteiger partial charge in [0.2, 0.25) is 5.91 Å². The molecule has 0 radical (unpaired) electrons. The van der Waals surface area contributed by atoms with Gasteiger partial charge < -0.3 is 24.8 Å². The molecule has 7 nitrogen and oxygen atoms in total. The first-order chi connectivity index (χ1) is 15.0. The number of carbonyl (C=O) groups is 2. The van der Waals surface area contributed by atoms with Gasteiger partial charge in [0.15, 0.2) is 6.61 Å². The average Bonchev–Trinajstić information content (AvgIpc) is 2.78. The molecule has 2 aromatic rings. The molecule has 1 fully saturated rings. The maximum atomic E-state index is 12.5. The van der Waals surface area contributed by atoms with Crippen LogP contribution in [0.2, 0.25) is 0 Å². The van der Waals surface area contributed by atoms with Gasteiger partial charge in [-0.2, -0.15) is 0 Å². The van der Waals surface area contributed by atoms with Gasteiger partial charge in [0, 0.05) is 50.5 Å². The minimum Gasteiger partial charge on any atom is -0.482 e. The maximum absolute atomic E-state index is 12.5. The Morgan fingerprint density at radius 2 is 1.84 bits per heavy atom. The smallest absolute Gasteiger partial charge is 0.265 e. The summed E-state index contributed by atoms with van der Waals surface area (Å²) in [7, 11) is 0. The fraction of sp³-hybridized carbons (Fsp3) is 0.417. The molecule has 0 aromatic heterocycles. The lowest BCUT2D eigenvalue weighted by molar-refractivity contribution is -0.121. The topological polar surface area (TPSA) is 65.1 Å². The van der Waals surface area contributed by atoms with Crippen molar-refractivity contribution in [2.45, 2.75) is 20.3 Å². The molecular formula is C24H30N4O3. The van der Waals surface area contributed by atoms with Gasteiger partial charge in [-0.3, -0.25) is 9.59 Å². The number of rotatable bonds is 6. The van der Waals surface area contributed by atoms with E-state index in [0.717, 1.165) is 49.7 Å². The molecule has 0 saturated carbocycles. The summed E-state index contributed by atoms with van der Waals surface area (Å²) in [5.41, 5.74) is 3.88. The first kappa shape index (κ1) is 21.2. The van der Waals surface area contributed by atoms with Crippen LogP contribution in [-0.2, 0) is 9.59 Å². The molecule has 7 heteroatoms. The summed E-state index contributed by atoms with van der Waals surface area (Å²) in [4.78, 5) is 31.3. The van der Waals surface area contributed by atoms with Crippen LogP contribution in [0.1, 0.15) is 18.9 Å². The largest absolute Gasteiger partial charge is 0.482 e. The number of hydrogen-bond donors (Lipinski definition) is 1. The van der Waals surface area contributed by atoms with Gasteiger partial charge in [-0.15, -0.1) is 0 Å². The van der Waals surface area contributed by atoms with Crippen molar-refractivity contribution in [1.82, 2.24) is 4.90 Å². The Morgan fingerprint density at radius 3 is 2.58 bits per heavy atom. The molecule has 2 aromatic carbocycles. The lowest BCUT2D eigenvalue weighted by atomic mass is 10.1. The predicted octanol–water partition coefficient (Wildman–Crippen LogP) is 2.89. The number of piperazine rings is 1. The lowest BCUT2D eigenvalue weighted by Crippen LogP contribution is -2.46. The number of nitrogens with zero attached hydrogens (tertiary/aromatic N) is 3. The van der Waals surface area contributed by atoms with Gasteiger partial charge in [-0.25, -0.2) is 0 Å². The monoisotopic (exact) mass is 422 g/mol. The summed E-state index contributed by atoms with van der Waals surface area (Å²) in [5, 5.41) is 2.97. The third-order valence-electron chi connectivity index (χ3n) is 6.01. The first-order valence-corrected chi connectivity index (χ1v) is 10.9. The molecule has 1 N–H and O–H groups in total. The van der Waals surface area contributed by atoms with Gasteiger partial charge >= 0.3 is 0 Å². The highest BCUT2D eigenvalue weighted by atomic mass is 16.5. The zero-order valence-corrected chi connectivity index (χ0v) is 18.3. The summed E-state index contributed by atoms with van der Waals surface area (Å²) in [5.74, 6) is 0.434. The van der Waals surface area contributed by atoms with Crippen LogP contribution in [0.3, 0.4) is 0 Å². The normalized spacial score (nSPS) is 16.6. The number of amides is 2. The Morgan fingerprint density at radius 1 is 1.06 bits per heavy atom. The van der Waals surface area contributed by atoms with Gasteiger partial charge in [-0.05, 0) is 49.4 Å². The van der Waals surface area contributed by atoms with E-state index in [2.05, 4.69) is 35.0 Å². The van der Waals surface area contributed by atoms with E-state index in [0.29, 0.717) is 12.3 Å². The number of benzene rings is 2. The van der Waals surface area contributed by atoms with E-state index in [-0.39, 0.29) is 24.8 Å². The van der Waals surface area contributed by atoms with E-state index in [1.54, 1.807) is 4.90 Å². The summed E-state index contributed by atoms with van der Waals surface area (Å²) in [6, 6.07) is 13.5. The summed E-state index contributed by atoms with van der Waals surface area (Å²) >= 11 is 0. The number of ether oxygens (including phenoxy) is 1. The molecule has 2 aliphatic heterocycles. The molecule has 0 atom stereocenters. The molecule has 1 saturated heterocycles. The number of anilines is 3. The van der Waals surface area contributed by atoms with Crippen molar-refractivity contribution in [3.63, 3.8) is 0 Å². The fourth-order valence-corrected chi connectivity index (χ4v) is 4.23. The SMILES string of the molecule is CCN1CCN(c2ccc(NC(=O)CCN3C(=O)COc4ccccc43)cc2C)CC1. The van der Waals surface area contributed by atoms with Crippen LogP contribution in [0.4, 0.5) is 17.1 Å². The Bertz CT molecular complexity index is 954. The predicted molar refractivity (Wildman–Crippen MR) is 123 cm³/mol. The van der Waals surface area contributed by atoms with Crippen molar-refractivity contribution < 1.29 is 14.3 Å². The standard InChI is InChI=1S/C24H30N4O3/c1-3-26-12-14-27(15-13-26)20-9-8-19(16-18(20)2)25-23(29)10-11-28-21-6-4-5-7-22(21)31-17-24(28)30/h4-9,16H,3,10-15,17H2,1-2H3,(H,25,29). The molecule has 0 unspecified atom stereocenters. The van der Waals surface area contributed by atoms with Crippen LogP contribution in [-0.4, -0.2) is 62.6 Å². The number of carbonyl (C=O) groups excluding carboxylic acids is 2. The second-order valence-electron chi connectivity index (χ2n) is 8.02. The quantitative estimate of drug-likeness (QED) is 0.776. The Kier molecular flexibility index (Phi) is 6.42. The lowest BCUT2D eigenvalue weighted by Gasteiger charge is -2.36. The highest BCUT2D eigenvalue weighted by Crippen LogP contribution is 2.31. The Labute approximate surface area is 183 Å². The van der Waals surface area contributed by atoms with Crippen molar-refractivity contribution in [3.05, 3.63) is 48.0 Å². The molecule has 2 aliphatic rings. The summed E-state index contributed by atoms with van der Waals surface area (Å²) in [6.07, 6.45) is 0.222. The molecule has 2 heterocycles. The molecule has 0 spiro atoms. The minimum atomic E-state index is -0.130. The first-order valence-electron chi connectivity index (χ1n) is 10.9. The van der Waals surface area contributed by atoms with E-state index >= 15 is 0 Å². The van der Waals surface area contributed by atoms with Crippen molar-refractivity contribution >= 4 is 28.9 Å². The highest BCUT2D eigenvalue weighted by molar-refractivity contribution is 5.99. The second kappa shape index (κ2) is 9.39. The van der Waals surface area contributed by atoms with Gasteiger partial charge in [0.25, 0.3) is 5.91 Å². The van der Waals surface area contributed by atoms with Crippen LogP contribution in [0.5, 0.6) is 5.75 Å². The van der Waals surface area contributed by atoms with Crippen LogP contribution in [0.25, 0.3) is 0 Å². The average molecular weight is 423 g/mol. The highest BCUT2D eigenvalue weighted by Gasteiger charge is 2.25. The molecule has 4 rings (SSSR count). The number of hydrogen-bond acceptors (Lipinski definition) is 5. The molecule has 31 heavy (non-hydrogen) atoms. The van der Waals surface area contributed by atoms with Crippen molar-refractivity contribution in [2.75, 3.05) is 61.0 Å². The summed E-state index contributed by atoms with van der Waals surface area (Å²) < 4.78 is 5.46. The van der Waals surface area contributed by atoms with E-state index in [9.17, 15) is 9.59 Å². The second-order valence-corrected chi connectivity index (χ2v) is 8.02. The Hall–Kier alpha value is -3.06. The summed E-state index contributed by atoms with van der Waals surface area (Å²) in [6.45, 7) is 9.92. The number of para-hydroxylation sites is 2. The minimum absolute atomic E-state index is 0.00576. The van der Waals surface area contributed by atoms with Crippen molar-refractivity contribution in [2.24, 2.45) is 0 Å². The van der Waals surface area contributed by atoms with Crippen LogP contribution < -0.4 is 19.9 Å². The molecule has 0 bridgehead atoms. The number of nitrogens with one attached hydrogen (secondary N) is 1. The molecule has 0 aliphatic carbocycles. The van der Waals surface area contributed by atoms with E-state index in [4.69, 9.17) is 4.74 Å². The molecule has 2 amide bonds. The van der Waals surface area contributed by atoms with Gasteiger partial charge in [0.1, 0.15) is 5.75 Å². The third kappa shape index (κ3) is 4.82. The Balaban J connectivity index is 1.34. The van der Waals surface area contributed by atoms with E-state index < -0.39 is 0 Å². The number of aryl methyl sites for hydroxylation is 1. The molecule has 164 valence electrons. The van der Waals surface area contributed by atoms with Crippen LogP contribution in [0, 0.1) is 6.92 Å². The van der Waals surface area contributed by atoms with Crippen LogP contribution in [0.15, 0.2) is 42.5 Å². The van der Waals surface area contributed by atoms with Crippen LogP contribution >= 0.6 is 0 Å². The number of likely N-dealkylation sites (N-methyl/N-ethyl adjacent to an activating group) is 1. The van der Waals surface area contributed by atoms with Crippen molar-refractivity contribution in [1.29, 1.82) is 0 Å².